The van der Waals surface area contributed by atoms with Gasteiger partial charge >= 0.3 is 0 Å². The van der Waals surface area contributed by atoms with E-state index in [1.807, 2.05) is 0 Å². The maximum Gasteiger partial charge on any atom is 0.0546 e. The summed E-state index contributed by atoms with van der Waals surface area (Å²) < 4.78 is 5.80. The summed E-state index contributed by atoms with van der Waals surface area (Å²) in [5.41, 5.74) is 0.359. The van der Waals surface area contributed by atoms with Gasteiger partial charge in [0.2, 0.25) is 0 Å². The molecule has 118 valence electrons. The standard InChI is InChI=1S/C17H34N2O/c1-3-6-16-7-4-10-19(11-8-16)14-17(13-18-2)9-5-12-20-15-17/h16,18H,3-15H2,1-2H3. The van der Waals surface area contributed by atoms with Crippen LogP contribution in [0.4, 0.5) is 0 Å². The predicted octanol–water partition coefficient (Wildman–Crippen LogP) is 2.90. The van der Waals surface area contributed by atoms with Crippen molar-refractivity contribution in [2.24, 2.45) is 11.3 Å². The van der Waals surface area contributed by atoms with Crippen LogP contribution >= 0.6 is 0 Å². The van der Waals surface area contributed by atoms with Gasteiger partial charge in [-0.05, 0) is 58.2 Å². The maximum atomic E-state index is 5.80. The normalized spacial score (nSPS) is 33.0. The molecule has 0 radical (unpaired) electrons. The van der Waals surface area contributed by atoms with Crippen LogP contribution in [0.15, 0.2) is 0 Å². The number of hydrogen-bond acceptors (Lipinski definition) is 3. The van der Waals surface area contributed by atoms with Crippen molar-refractivity contribution in [1.29, 1.82) is 0 Å². The maximum absolute atomic E-state index is 5.80. The van der Waals surface area contributed by atoms with Gasteiger partial charge in [0.05, 0.1) is 6.61 Å². The van der Waals surface area contributed by atoms with Crippen molar-refractivity contribution in [2.45, 2.75) is 51.9 Å². The molecule has 2 aliphatic heterocycles. The van der Waals surface area contributed by atoms with Gasteiger partial charge in [-0.1, -0.05) is 19.8 Å². The highest BCUT2D eigenvalue weighted by Crippen LogP contribution is 2.31. The zero-order valence-corrected chi connectivity index (χ0v) is 13.6. The summed E-state index contributed by atoms with van der Waals surface area (Å²) in [5.74, 6) is 0.979. The Bertz CT molecular complexity index is 258. The van der Waals surface area contributed by atoms with Crippen LogP contribution in [0.3, 0.4) is 0 Å². The topological polar surface area (TPSA) is 24.5 Å². The average molecular weight is 282 g/mol. The molecule has 2 fully saturated rings. The molecular weight excluding hydrogens is 248 g/mol. The molecule has 20 heavy (non-hydrogen) atoms. The zero-order chi connectivity index (χ0) is 14.3. The Morgan fingerprint density at radius 1 is 1.25 bits per heavy atom. The summed E-state index contributed by atoms with van der Waals surface area (Å²) in [6.07, 6.45) is 9.57. The van der Waals surface area contributed by atoms with Gasteiger partial charge in [0, 0.05) is 25.1 Å². The van der Waals surface area contributed by atoms with E-state index < -0.39 is 0 Å². The van der Waals surface area contributed by atoms with Crippen molar-refractivity contribution in [3.8, 4) is 0 Å². The van der Waals surface area contributed by atoms with Gasteiger partial charge < -0.3 is 15.0 Å². The zero-order valence-electron chi connectivity index (χ0n) is 13.6. The first-order valence-electron chi connectivity index (χ1n) is 8.73. The van der Waals surface area contributed by atoms with Gasteiger partial charge in [-0.15, -0.1) is 0 Å². The van der Waals surface area contributed by atoms with Crippen LogP contribution in [0.1, 0.15) is 51.9 Å². The van der Waals surface area contributed by atoms with Crippen molar-refractivity contribution >= 4 is 0 Å². The largest absolute Gasteiger partial charge is 0.381 e. The fraction of sp³-hybridized carbons (Fsp3) is 1.00. The van der Waals surface area contributed by atoms with E-state index in [0.29, 0.717) is 5.41 Å². The molecule has 1 N–H and O–H groups in total. The molecule has 3 nitrogen and oxygen atoms in total. The minimum absolute atomic E-state index is 0.359. The molecule has 2 aliphatic rings. The fourth-order valence-electron chi connectivity index (χ4n) is 4.16. The van der Waals surface area contributed by atoms with Gasteiger partial charge in [0.15, 0.2) is 0 Å². The molecule has 3 heteroatoms. The Kier molecular flexibility index (Phi) is 6.79. The lowest BCUT2D eigenvalue weighted by molar-refractivity contribution is -0.0250. The highest BCUT2D eigenvalue weighted by molar-refractivity contribution is 4.87. The van der Waals surface area contributed by atoms with Crippen molar-refractivity contribution in [2.75, 3.05) is 46.4 Å². The molecule has 0 bridgehead atoms. The summed E-state index contributed by atoms with van der Waals surface area (Å²) in [6.45, 7) is 9.16. The SMILES string of the molecule is CCCC1CCCN(CC2(CNC)CCCOC2)CC1. The second-order valence-corrected chi connectivity index (χ2v) is 7.05. The van der Waals surface area contributed by atoms with Crippen molar-refractivity contribution in [3.63, 3.8) is 0 Å². The molecule has 2 atom stereocenters. The Morgan fingerprint density at radius 3 is 2.85 bits per heavy atom. The Hall–Kier alpha value is -0.120. The van der Waals surface area contributed by atoms with Crippen LogP contribution in [-0.2, 0) is 4.74 Å². The third-order valence-electron chi connectivity index (χ3n) is 5.15. The van der Waals surface area contributed by atoms with E-state index in [-0.39, 0.29) is 0 Å². The monoisotopic (exact) mass is 282 g/mol. The van der Waals surface area contributed by atoms with Crippen molar-refractivity contribution < 1.29 is 4.74 Å². The molecule has 0 spiro atoms. The number of likely N-dealkylation sites (tertiary alicyclic amines) is 1. The van der Waals surface area contributed by atoms with E-state index in [2.05, 4.69) is 24.2 Å². The molecule has 0 saturated carbocycles. The van der Waals surface area contributed by atoms with Gasteiger partial charge in [-0.3, -0.25) is 0 Å². The van der Waals surface area contributed by atoms with E-state index in [1.165, 1.54) is 64.6 Å². The van der Waals surface area contributed by atoms with E-state index >= 15 is 0 Å². The van der Waals surface area contributed by atoms with Crippen LogP contribution in [0.2, 0.25) is 0 Å². The third kappa shape index (κ3) is 4.71. The summed E-state index contributed by atoms with van der Waals surface area (Å²) in [7, 11) is 2.08. The Balaban J connectivity index is 1.86. The lowest BCUT2D eigenvalue weighted by Gasteiger charge is -2.40. The highest BCUT2D eigenvalue weighted by Gasteiger charge is 2.34. The van der Waals surface area contributed by atoms with Crippen LogP contribution < -0.4 is 5.32 Å². The molecule has 2 heterocycles. The predicted molar refractivity (Wildman–Crippen MR) is 85.1 cm³/mol. The summed E-state index contributed by atoms with van der Waals surface area (Å²) in [5, 5.41) is 3.41. The molecule has 0 amide bonds. The first-order chi connectivity index (χ1) is 9.78. The minimum Gasteiger partial charge on any atom is -0.381 e. The van der Waals surface area contributed by atoms with Crippen LogP contribution in [-0.4, -0.2) is 51.3 Å². The summed E-state index contributed by atoms with van der Waals surface area (Å²) in [4.78, 5) is 2.72. The Morgan fingerprint density at radius 2 is 2.15 bits per heavy atom. The first kappa shape index (κ1) is 16.3. The van der Waals surface area contributed by atoms with Gasteiger partial charge in [0.25, 0.3) is 0 Å². The number of hydrogen-bond donors (Lipinski definition) is 1. The fourth-order valence-corrected chi connectivity index (χ4v) is 4.16. The van der Waals surface area contributed by atoms with Gasteiger partial charge in [-0.2, -0.15) is 0 Å². The Labute approximate surface area is 125 Å². The lowest BCUT2D eigenvalue weighted by atomic mass is 9.81. The molecule has 2 unspecified atom stereocenters. The van der Waals surface area contributed by atoms with Crippen molar-refractivity contribution in [1.82, 2.24) is 10.2 Å². The van der Waals surface area contributed by atoms with Gasteiger partial charge in [0.1, 0.15) is 0 Å². The molecular formula is C17H34N2O. The molecule has 0 aromatic heterocycles. The van der Waals surface area contributed by atoms with E-state index in [1.54, 1.807) is 0 Å². The number of nitrogens with one attached hydrogen (secondary N) is 1. The van der Waals surface area contributed by atoms with Crippen LogP contribution in [0.5, 0.6) is 0 Å². The van der Waals surface area contributed by atoms with E-state index in [4.69, 9.17) is 4.74 Å². The minimum atomic E-state index is 0.359. The molecule has 0 aromatic carbocycles. The second-order valence-electron chi connectivity index (χ2n) is 7.05. The molecule has 2 rings (SSSR count). The molecule has 0 aromatic rings. The number of nitrogens with zero attached hydrogens (tertiary/aromatic N) is 1. The van der Waals surface area contributed by atoms with Crippen molar-refractivity contribution in [3.05, 3.63) is 0 Å². The quantitative estimate of drug-likeness (QED) is 0.811. The van der Waals surface area contributed by atoms with Crippen LogP contribution in [0, 0.1) is 11.3 Å². The first-order valence-corrected chi connectivity index (χ1v) is 8.73. The third-order valence-corrected chi connectivity index (χ3v) is 5.15. The lowest BCUT2D eigenvalue weighted by Crippen LogP contribution is -2.48. The highest BCUT2D eigenvalue weighted by atomic mass is 16.5. The number of rotatable bonds is 6. The van der Waals surface area contributed by atoms with Gasteiger partial charge in [-0.25, -0.2) is 0 Å². The summed E-state index contributed by atoms with van der Waals surface area (Å²) in [6, 6.07) is 0. The summed E-state index contributed by atoms with van der Waals surface area (Å²) >= 11 is 0. The van der Waals surface area contributed by atoms with Crippen LogP contribution in [0.25, 0.3) is 0 Å². The smallest absolute Gasteiger partial charge is 0.0546 e. The number of ether oxygens (including phenoxy) is 1. The molecule has 2 saturated heterocycles. The van der Waals surface area contributed by atoms with E-state index in [9.17, 15) is 0 Å². The average Bonchev–Trinajstić information content (AvgIpc) is 2.66. The van der Waals surface area contributed by atoms with E-state index in [0.717, 1.165) is 25.7 Å². The molecule has 0 aliphatic carbocycles. The second kappa shape index (κ2) is 8.35.